The molecule has 9 nitrogen and oxygen atoms in total. The van der Waals surface area contributed by atoms with Gasteiger partial charge in [-0.15, -0.1) is 0 Å². The molecule has 0 saturated heterocycles. The Balaban J connectivity index is 1.84. The van der Waals surface area contributed by atoms with E-state index in [0.29, 0.717) is 12.2 Å². The first kappa shape index (κ1) is 31.6. The van der Waals surface area contributed by atoms with Gasteiger partial charge in [-0.25, -0.2) is 4.39 Å². The minimum Gasteiger partial charge on any atom is -0.491 e. The van der Waals surface area contributed by atoms with E-state index in [4.69, 9.17) is 4.74 Å². The number of ether oxygens (including phenoxy) is 1. The maximum absolute atomic E-state index is 13.4. The van der Waals surface area contributed by atoms with Crippen LogP contribution in [0.4, 0.5) is 4.39 Å². The molecule has 1 heterocycles. The number of para-hydroxylation sites is 1. The highest BCUT2D eigenvalue weighted by atomic mass is 19.1. The number of likely N-dealkylation sites (N-methyl/N-ethyl adjacent to an activating group) is 1. The second-order valence-electron chi connectivity index (χ2n) is 11.5. The summed E-state index contributed by atoms with van der Waals surface area (Å²) in [5, 5.41) is 8.48. The molecule has 222 valence electrons. The average Bonchev–Trinajstić information content (AvgIpc) is 2.93. The van der Waals surface area contributed by atoms with Crippen molar-refractivity contribution in [2.75, 3.05) is 26.7 Å². The van der Waals surface area contributed by atoms with E-state index in [2.05, 4.69) is 16.0 Å². The van der Waals surface area contributed by atoms with Gasteiger partial charge in [-0.3, -0.25) is 19.2 Å². The number of carbonyl (C=O) groups is 4. The zero-order valence-electron chi connectivity index (χ0n) is 24.5. The Labute approximate surface area is 241 Å². The lowest BCUT2D eigenvalue weighted by atomic mass is 9.84. The molecule has 1 aliphatic rings. The lowest BCUT2D eigenvalue weighted by Crippen LogP contribution is -2.50. The van der Waals surface area contributed by atoms with Crippen molar-refractivity contribution in [1.82, 2.24) is 20.9 Å². The number of benzene rings is 2. The van der Waals surface area contributed by atoms with Crippen molar-refractivity contribution in [2.45, 2.75) is 64.5 Å². The third-order valence-corrected chi connectivity index (χ3v) is 7.14. The standard InChI is InChI=1S/C31H41FN4O5/c1-20(2)18-25-30(40)36(5)16-17-41-26-9-7-6-8-23(26)28(38)35-24(14-15-27(37)34-25)29(39)33-19-31(3,4)21-10-12-22(32)13-11-21/h6-13,20,24-25H,14-19H2,1-5H3,(H,33,39)(H,34,37)(H,35,38)/t24-,25-/m0/s1. The van der Waals surface area contributed by atoms with Gasteiger partial charge in [-0.1, -0.05) is 52.0 Å². The zero-order chi connectivity index (χ0) is 30.2. The van der Waals surface area contributed by atoms with Crippen LogP contribution < -0.4 is 20.7 Å². The first-order chi connectivity index (χ1) is 19.4. The molecule has 4 amide bonds. The van der Waals surface area contributed by atoms with Gasteiger partial charge >= 0.3 is 0 Å². The summed E-state index contributed by atoms with van der Waals surface area (Å²) in [6.07, 6.45) is 0.392. The summed E-state index contributed by atoms with van der Waals surface area (Å²) in [6, 6.07) is 11.0. The Morgan fingerprint density at radius 3 is 2.46 bits per heavy atom. The van der Waals surface area contributed by atoms with Crippen LogP contribution in [-0.2, 0) is 19.8 Å². The second-order valence-corrected chi connectivity index (χ2v) is 11.5. The van der Waals surface area contributed by atoms with Crippen LogP contribution in [0.1, 0.15) is 62.9 Å². The number of halogens is 1. The van der Waals surface area contributed by atoms with Gasteiger partial charge in [0.2, 0.25) is 17.7 Å². The molecule has 0 fully saturated rings. The smallest absolute Gasteiger partial charge is 0.255 e. The minimum absolute atomic E-state index is 0.0157. The molecule has 0 bridgehead atoms. The summed E-state index contributed by atoms with van der Waals surface area (Å²) < 4.78 is 19.3. The summed E-state index contributed by atoms with van der Waals surface area (Å²) >= 11 is 0. The number of carbonyl (C=O) groups excluding carboxylic acids is 4. The molecule has 1 aliphatic heterocycles. The van der Waals surface area contributed by atoms with E-state index in [1.807, 2.05) is 27.7 Å². The number of rotatable bonds is 6. The molecule has 2 atom stereocenters. The van der Waals surface area contributed by atoms with E-state index in [9.17, 15) is 23.6 Å². The van der Waals surface area contributed by atoms with Gasteiger partial charge in [-0.2, -0.15) is 0 Å². The maximum atomic E-state index is 13.4. The Morgan fingerprint density at radius 1 is 1.10 bits per heavy atom. The average molecular weight is 569 g/mol. The molecular formula is C31H41FN4O5. The van der Waals surface area contributed by atoms with Crippen molar-refractivity contribution in [3.8, 4) is 5.75 Å². The van der Waals surface area contributed by atoms with Gasteiger partial charge in [0.1, 0.15) is 30.3 Å². The van der Waals surface area contributed by atoms with Crippen molar-refractivity contribution >= 4 is 23.6 Å². The fourth-order valence-corrected chi connectivity index (χ4v) is 4.62. The maximum Gasteiger partial charge on any atom is 0.255 e. The number of amides is 4. The number of fused-ring (bicyclic) bond motifs is 1. The van der Waals surface area contributed by atoms with Crippen LogP contribution in [0.5, 0.6) is 5.75 Å². The lowest BCUT2D eigenvalue weighted by molar-refractivity contribution is -0.136. The third-order valence-electron chi connectivity index (χ3n) is 7.14. The highest BCUT2D eigenvalue weighted by molar-refractivity contribution is 5.99. The van der Waals surface area contributed by atoms with Gasteiger partial charge in [0.05, 0.1) is 12.1 Å². The molecule has 3 N–H and O–H groups in total. The van der Waals surface area contributed by atoms with Gasteiger partial charge in [0.25, 0.3) is 5.91 Å². The number of hydrogen-bond donors (Lipinski definition) is 3. The van der Waals surface area contributed by atoms with E-state index >= 15 is 0 Å². The van der Waals surface area contributed by atoms with Crippen molar-refractivity contribution in [3.63, 3.8) is 0 Å². The third kappa shape index (κ3) is 9.03. The first-order valence-electron chi connectivity index (χ1n) is 14.0. The van der Waals surface area contributed by atoms with E-state index in [1.165, 1.54) is 17.0 Å². The fourth-order valence-electron chi connectivity index (χ4n) is 4.62. The molecule has 2 aromatic rings. The van der Waals surface area contributed by atoms with Crippen LogP contribution in [-0.4, -0.2) is 67.4 Å². The minimum atomic E-state index is -1.03. The molecule has 41 heavy (non-hydrogen) atoms. The molecule has 2 aromatic carbocycles. The van der Waals surface area contributed by atoms with Crippen molar-refractivity contribution < 1.29 is 28.3 Å². The van der Waals surface area contributed by atoms with E-state index in [1.54, 1.807) is 43.4 Å². The van der Waals surface area contributed by atoms with E-state index < -0.39 is 29.3 Å². The van der Waals surface area contributed by atoms with Crippen LogP contribution in [0, 0.1) is 11.7 Å². The van der Waals surface area contributed by atoms with Crippen LogP contribution >= 0.6 is 0 Å². The zero-order valence-corrected chi connectivity index (χ0v) is 24.5. The Morgan fingerprint density at radius 2 is 1.78 bits per heavy atom. The first-order valence-corrected chi connectivity index (χ1v) is 14.0. The van der Waals surface area contributed by atoms with Crippen molar-refractivity contribution in [2.24, 2.45) is 5.92 Å². The number of nitrogens with zero attached hydrogens (tertiary/aromatic N) is 1. The van der Waals surface area contributed by atoms with E-state index in [0.717, 1.165) is 5.56 Å². The van der Waals surface area contributed by atoms with Crippen molar-refractivity contribution in [1.29, 1.82) is 0 Å². The summed E-state index contributed by atoms with van der Waals surface area (Å²) in [6.45, 7) is 8.38. The molecule has 0 unspecified atom stereocenters. The fraction of sp³-hybridized carbons (Fsp3) is 0.484. The normalized spacial score (nSPS) is 19.3. The Bertz CT molecular complexity index is 1230. The Hall–Kier alpha value is -3.95. The van der Waals surface area contributed by atoms with Crippen LogP contribution in [0.25, 0.3) is 0 Å². The largest absolute Gasteiger partial charge is 0.491 e. The molecule has 0 aliphatic carbocycles. The molecule has 0 aromatic heterocycles. The quantitative estimate of drug-likeness (QED) is 0.495. The van der Waals surface area contributed by atoms with Gasteiger partial charge in [0.15, 0.2) is 0 Å². The second kappa shape index (κ2) is 14.1. The summed E-state index contributed by atoms with van der Waals surface area (Å²) in [4.78, 5) is 54.3. The molecular weight excluding hydrogens is 527 g/mol. The molecule has 10 heteroatoms. The molecule has 0 saturated carbocycles. The Kier molecular flexibility index (Phi) is 10.9. The predicted octanol–water partition coefficient (Wildman–Crippen LogP) is 3.18. The van der Waals surface area contributed by atoms with Crippen molar-refractivity contribution in [3.05, 3.63) is 65.5 Å². The molecule has 3 rings (SSSR count). The van der Waals surface area contributed by atoms with E-state index in [-0.39, 0.29) is 61.7 Å². The summed E-state index contributed by atoms with van der Waals surface area (Å²) in [5.41, 5.74) is 0.547. The highest BCUT2D eigenvalue weighted by Gasteiger charge is 2.29. The van der Waals surface area contributed by atoms with Gasteiger partial charge in [0, 0.05) is 25.4 Å². The molecule has 0 radical (unpaired) electrons. The number of hydrogen-bond acceptors (Lipinski definition) is 5. The monoisotopic (exact) mass is 568 g/mol. The van der Waals surface area contributed by atoms with Gasteiger partial charge in [-0.05, 0) is 48.6 Å². The number of nitrogens with one attached hydrogen (secondary N) is 3. The SMILES string of the molecule is CC(C)C[C@@H]1NC(=O)CC[C@@H](C(=O)NCC(C)(C)c2ccc(F)cc2)NC(=O)c2ccccc2OCCN(C)C1=O. The van der Waals surface area contributed by atoms with Gasteiger partial charge < -0.3 is 25.6 Å². The summed E-state index contributed by atoms with van der Waals surface area (Å²) in [7, 11) is 1.65. The topological polar surface area (TPSA) is 117 Å². The van der Waals surface area contributed by atoms with Crippen LogP contribution in [0.3, 0.4) is 0 Å². The lowest BCUT2D eigenvalue weighted by Gasteiger charge is -2.27. The summed E-state index contributed by atoms with van der Waals surface area (Å²) in [5.74, 6) is -1.46. The van der Waals surface area contributed by atoms with Crippen LogP contribution in [0.2, 0.25) is 0 Å². The predicted molar refractivity (Wildman–Crippen MR) is 154 cm³/mol. The molecule has 0 spiro atoms. The van der Waals surface area contributed by atoms with Crippen LogP contribution in [0.15, 0.2) is 48.5 Å². The highest BCUT2D eigenvalue weighted by Crippen LogP contribution is 2.23.